The highest BCUT2D eigenvalue weighted by atomic mass is 35.5. The highest BCUT2D eigenvalue weighted by Gasteiger charge is 2.16. The van der Waals surface area contributed by atoms with Crippen molar-refractivity contribution in [2.45, 2.75) is 6.54 Å². The van der Waals surface area contributed by atoms with Crippen LogP contribution < -0.4 is 0 Å². The number of halogens is 1. The van der Waals surface area contributed by atoms with Crippen LogP contribution in [0.3, 0.4) is 0 Å². The molecule has 2 aromatic rings. The summed E-state index contributed by atoms with van der Waals surface area (Å²) in [6.07, 6.45) is 0. The van der Waals surface area contributed by atoms with Gasteiger partial charge >= 0.3 is 0 Å². The van der Waals surface area contributed by atoms with E-state index in [-0.39, 0.29) is 6.61 Å². The number of nitrogens with zero attached hydrogens (tertiary/aromatic N) is 2. The maximum absolute atomic E-state index is 8.64. The van der Waals surface area contributed by atoms with Gasteiger partial charge in [-0.1, -0.05) is 48.0 Å². The summed E-state index contributed by atoms with van der Waals surface area (Å²) in [7, 11) is 0. The second kappa shape index (κ2) is 12.3. The first-order valence-corrected chi connectivity index (χ1v) is 10.7. The molecule has 0 aliphatic carbocycles. The zero-order valence-electron chi connectivity index (χ0n) is 16.9. The quantitative estimate of drug-likeness (QED) is 0.568. The summed E-state index contributed by atoms with van der Waals surface area (Å²) in [5, 5.41) is 9.41. The molecule has 0 atom stereocenters. The Kier molecular flexibility index (Phi) is 9.41. The summed E-state index contributed by atoms with van der Waals surface area (Å²) in [5.41, 5.74) is 3.76. The minimum absolute atomic E-state index is 0.0662. The van der Waals surface area contributed by atoms with Crippen LogP contribution in [0.5, 0.6) is 0 Å². The number of aliphatic hydroxyl groups excluding tert-OH is 1. The van der Waals surface area contributed by atoms with Crippen LogP contribution in [0, 0.1) is 0 Å². The van der Waals surface area contributed by atoms with Crippen LogP contribution in [0.1, 0.15) is 5.56 Å². The van der Waals surface area contributed by atoms with Crippen molar-refractivity contribution in [3.63, 3.8) is 0 Å². The SMILES string of the molecule is OCCOCCOCCN1CCN(Cc2ccc(-c3ccc(Cl)cc3)cc2)CC1. The van der Waals surface area contributed by atoms with Gasteiger partial charge in [0.25, 0.3) is 0 Å². The molecule has 1 aliphatic rings. The van der Waals surface area contributed by atoms with Crippen molar-refractivity contribution in [1.29, 1.82) is 0 Å². The highest BCUT2D eigenvalue weighted by molar-refractivity contribution is 6.30. The first-order chi connectivity index (χ1) is 14.2. The lowest BCUT2D eigenvalue weighted by Crippen LogP contribution is -2.46. The lowest BCUT2D eigenvalue weighted by molar-refractivity contribution is 0.0214. The molecule has 0 aromatic heterocycles. The zero-order valence-corrected chi connectivity index (χ0v) is 17.7. The van der Waals surface area contributed by atoms with Gasteiger partial charge in [0.15, 0.2) is 0 Å². The highest BCUT2D eigenvalue weighted by Crippen LogP contribution is 2.22. The Balaban J connectivity index is 1.33. The summed E-state index contributed by atoms with van der Waals surface area (Å²) in [6.45, 7) is 8.59. The molecule has 0 radical (unpaired) electrons. The van der Waals surface area contributed by atoms with Gasteiger partial charge in [0.2, 0.25) is 0 Å². The molecular formula is C23H31ClN2O3. The van der Waals surface area contributed by atoms with Gasteiger partial charge in [0.05, 0.1) is 33.0 Å². The Bertz CT molecular complexity index is 701. The van der Waals surface area contributed by atoms with E-state index < -0.39 is 0 Å². The van der Waals surface area contributed by atoms with Crippen molar-refractivity contribution in [2.75, 3.05) is 65.8 Å². The van der Waals surface area contributed by atoms with Crippen LogP contribution in [0.15, 0.2) is 48.5 Å². The molecule has 0 bridgehead atoms. The van der Waals surface area contributed by atoms with Gasteiger partial charge in [0.1, 0.15) is 0 Å². The predicted octanol–water partition coefficient (Wildman–Crippen LogP) is 3.15. The average molecular weight is 419 g/mol. The van der Waals surface area contributed by atoms with Crippen molar-refractivity contribution >= 4 is 11.6 Å². The van der Waals surface area contributed by atoms with Crippen molar-refractivity contribution in [3.05, 3.63) is 59.1 Å². The standard InChI is InChI=1S/C23H31ClN2O3/c24-23-7-5-22(6-8-23)21-3-1-20(2-4-21)19-26-11-9-25(10-12-26)13-15-28-17-18-29-16-14-27/h1-8,27H,9-19H2. The molecular weight excluding hydrogens is 388 g/mol. The van der Waals surface area contributed by atoms with Gasteiger partial charge < -0.3 is 14.6 Å². The molecule has 3 rings (SSSR count). The molecule has 5 nitrogen and oxygen atoms in total. The molecule has 1 saturated heterocycles. The van der Waals surface area contributed by atoms with Crippen molar-refractivity contribution in [3.8, 4) is 11.1 Å². The molecule has 6 heteroatoms. The molecule has 1 aliphatic heterocycles. The maximum Gasteiger partial charge on any atom is 0.0701 e. The number of ether oxygens (including phenoxy) is 2. The first kappa shape index (κ1) is 22.2. The molecule has 0 spiro atoms. The third-order valence-corrected chi connectivity index (χ3v) is 5.41. The molecule has 0 unspecified atom stereocenters. The van der Waals surface area contributed by atoms with Gasteiger partial charge in [-0.2, -0.15) is 0 Å². The molecule has 1 heterocycles. The average Bonchev–Trinajstić information content (AvgIpc) is 2.75. The van der Waals surface area contributed by atoms with E-state index in [1.165, 1.54) is 16.7 Å². The third kappa shape index (κ3) is 7.70. The van der Waals surface area contributed by atoms with Crippen molar-refractivity contribution in [2.24, 2.45) is 0 Å². The van der Waals surface area contributed by atoms with Crippen LogP contribution in [-0.4, -0.2) is 80.7 Å². The van der Waals surface area contributed by atoms with E-state index in [4.69, 9.17) is 26.2 Å². The third-order valence-electron chi connectivity index (χ3n) is 5.16. The second-order valence-electron chi connectivity index (χ2n) is 7.27. The fourth-order valence-corrected chi connectivity index (χ4v) is 3.58. The van der Waals surface area contributed by atoms with Crippen molar-refractivity contribution in [1.82, 2.24) is 9.80 Å². The minimum atomic E-state index is 0.0662. The van der Waals surface area contributed by atoms with E-state index in [1.807, 2.05) is 12.1 Å². The van der Waals surface area contributed by atoms with Gasteiger partial charge in [-0.25, -0.2) is 0 Å². The number of aliphatic hydroxyl groups is 1. The Hall–Kier alpha value is -1.47. The number of rotatable bonds is 11. The largest absolute Gasteiger partial charge is 0.394 e. The Morgan fingerprint density at radius 1 is 0.724 bits per heavy atom. The van der Waals surface area contributed by atoms with Gasteiger partial charge in [-0.3, -0.25) is 9.80 Å². The van der Waals surface area contributed by atoms with E-state index in [9.17, 15) is 0 Å². The molecule has 29 heavy (non-hydrogen) atoms. The van der Waals surface area contributed by atoms with Crippen LogP contribution >= 0.6 is 11.6 Å². The first-order valence-electron chi connectivity index (χ1n) is 10.3. The fraction of sp³-hybridized carbons (Fsp3) is 0.478. The fourth-order valence-electron chi connectivity index (χ4n) is 3.45. The van der Waals surface area contributed by atoms with E-state index in [1.54, 1.807) is 0 Å². The van der Waals surface area contributed by atoms with Gasteiger partial charge in [-0.15, -0.1) is 0 Å². The summed E-state index contributed by atoms with van der Waals surface area (Å²) in [4.78, 5) is 4.96. The molecule has 0 amide bonds. The summed E-state index contributed by atoms with van der Waals surface area (Å²) in [6, 6.07) is 16.8. The molecule has 1 N–H and O–H groups in total. The molecule has 2 aromatic carbocycles. The monoisotopic (exact) mass is 418 g/mol. The lowest BCUT2D eigenvalue weighted by Gasteiger charge is -2.34. The Morgan fingerprint density at radius 2 is 1.28 bits per heavy atom. The maximum atomic E-state index is 8.64. The number of piperazine rings is 1. The van der Waals surface area contributed by atoms with Crippen LogP contribution in [0.2, 0.25) is 5.02 Å². The normalized spacial score (nSPS) is 15.7. The van der Waals surface area contributed by atoms with E-state index in [0.29, 0.717) is 19.8 Å². The van der Waals surface area contributed by atoms with E-state index in [0.717, 1.165) is 50.9 Å². The minimum Gasteiger partial charge on any atom is -0.394 e. The van der Waals surface area contributed by atoms with Crippen molar-refractivity contribution < 1.29 is 14.6 Å². The Labute approximate surface area is 178 Å². The van der Waals surface area contributed by atoms with Gasteiger partial charge in [0, 0.05) is 44.3 Å². The van der Waals surface area contributed by atoms with E-state index >= 15 is 0 Å². The summed E-state index contributed by atoms with van der Waals surface area (Å²) >= 11 is 5.97. The number of hydrogen-bond donors (Lipinski definition) is 1. The zero-order chi connectivity index (χ0) is 20.3. The van der Waals surface area contributed by atoms with Crippen LogP contribution in [-0.2, 0) is 16.0 Å². The second-order valence-corrected chi connectivity index (χ2v) is 7.71. The van der Waals surface area contributed by atoms with Gasteiger partial charge in [-0.05, 0) is 28.8 Å². The summed E-state index contributed by atoms with van der Waals surface area (Å²) < 4.78 is 10.8. The lowest BCUT2D eigenvalue weighted by atomic mass is 10.0. The predicted molar refractivity (Wildman–Crippen MR) is 117 cm³/mol. The van der Waals surface area contributed by atoms with Crippen LogP contribution in [0.4, 0.5) is 0 Å². The smallest absolute Gasteiger partial charge is 0.0701 e. The topological polar surface area (TPSA) is 45.2 Å². The molecule has 1 fully saturated rings. The van der Waals surface area contributed by atoms with E-state index in [2.05, 4.69) is 46.2 Å². The number of hydrogen-bond acceptors (Lipinski definition) is 5. The number of benzene rings is 2. The van der Waals surface area contributed by atoms with Crippen LogP contribution in [0.25, 0.3) is 11.1 Å². The summed E-state index contributed by atoms with van der Waals surface area (Å²) in [5.74, 6) is 0. The molecule has 0 saturated carbocycles. The Morgan fingerprint density at radius 3 is 1.90 bits per heavy atom. The molecule has 158 valence electrons.